The normalized spacial score (nSPS) is 26.4. The first kappa shape index (κ1) is 22.4. The van der Waals surface area contributed by atoms with Crippen LogP contribution in [0.15, 0.2) is 35.1 Å². The number of carbonyl (C=O) groups is 4. The molecule has 30 heavy (non-hydrogen) atoms. The van der Waals surface area contributed by atoms with Gasteiger partial charge in [-0.15, -0.1) is 23.5 Å². The van der Waals surface area contributed by atoms with Crippen LogP contribution in [0.1, 0.15) is 19.8 Å². The highest BCUT2D eigenvalue weighted by molar-refractivity contribution is 8.17. The fraction of sp³-hybridized carbons (Fsp3) is 0.474. The predicted octanol–water partition coefficient (Wildman–Crippen LogP) is 0.581. The Bertz CT molecular complexity index is 868. The molecule has 3 aliphatic rings. The lowest BCUT2D eigenvalue weighted by atomic mass is 9.97. The van der Waals surface area contributed by atoms with E-state index in [1.54, 1.807) is 6.26 Å². The quantitative estimate of drug-likeness (QED) is 0.287. The van der Waals surface area contributed by atoms with E-state index in [1.807, 2.05) is 18.2 Å². The highest BCUT2D eigenvalue weighted by Gasteiger charge is 2.56. The van der Waals surface area contributed by atoms with E-state index in [0.29, 0.717) is 18.4 Å². The average molecular weight is 454 g/mol. The second-order valence-electron chi connectivity index (χ2n) is 6.92. The molecule has 0 aromatic carbocycles. The SMILES string of the molecule is CSC1S[C@@H]2[C@H](NC(=O)C(N)C3=CCC=CC3)C(=O)N2C(C(=O)O)=C1COC(C)=O. The highest BCUT2D eigenvalue weighted by atomic mass is 32.2. The number of hydrogen-bond acceptors (Lipinski definition) is 8. The number of hydrogen-bond donors (Lipinski definition) is 3. The molecular weight excluding hydrogens is 430 g/mol. The summed E-state index contributed by atoms with van der Waals surface area (Å²) in [4.78, 5) is 49.6. The van der Waals surface area contributed by atoms with E-state index in [0.717, 1.165) is 10.5 Å². The largest absolute Gasteiger partial charge is 0.477 e. The number of nitrogens with two attached hydrogens (primary N) is 1. The molecule has 162 valence electrons. The number of nitrogens with one attached hydrogen (secondary N) is 1. The number of carbonyl (C=O) groups excluding carboxylic acids is 3. The summed E-state index contributed by atoms with van der Waals surface area (Å²) in [5.41, 5.74) is 6.99. The molecule has 4 atom stereocenters. The Kier molecular flexibility index (Phi) is 6.94. The molecule has 11 heteroatoms. The lowest BCUT2D eigenvalue weighted by Crippen LogP contribution is -2.72. The van der Waals surface area contributed by atoms with Crippen molar-refractivity contribution in [1.82, 2.24) is 10.2 Å². The number of nitrogens with zero attached hydrogens (tertiary/aromatic N) is 1. The third-order valence-electron chi connectivity index (χ3n) is 5.00. The van der Waals surface area contributed by atoms with Gasteiger partial charge in [-0.2, -0.15) is 0 Å². The number of aliphatic carboxylic acids is 1. The number of esters is 1. The van der Waals surface area contributed by atoms with Gasteiger partial charge in [0.15, 0.2) is 0 Å². The molecular formula is C19H23N3O6S2. The Morgan fingerprint density at radius 3 is 2.73 bits per heavy atom. The topological polar surface area (TPSA) is 139 Å². The molecule has 0 aromatic heterocycles. The lowest BCUT2D eigenvalue weighted by Gasteiger charge is -2.51. The fourth-order valence-electron chi connectivity index (χ4n) is 3.49. The molecule has 0 radical (unpaired) electrons. The third kappa shape index (κ3) is 4.28. The minimum atomic E-state index is -1.28. The maximum atomic E-state index is 12.7. The zero-order chi connectivity index (χ0) is 22.0. The Balaban J connectivity index is 1.78. The molecule has 1 fully saturated rings. The monoisotopic (exact) mass is 453 g/mol. The van der Waals surface area contributed by atoms with E-state index in [4.69, 9.17) is 10.5 Å². The van der Waals surface area contributed by atoms with Gasteiger partial charge in [-0.05, 0) is 24.7 Å². The Morgan fingerprint density at radius 2 is 2.17 bits per heavy atom. The molecule has 0 aromatic rings. The molecule has 3 rings (SSSR count). The molecule has 4 N–H and O–H groups in total. The molecule has 0 spiro atoms. The summed E-state index contributed by atoms with van der Waals surface area (Å²) < 4.78 is 4.66. The molecule has 0 saturated carbocycles. The van der Waals surface area contributed by atoms with Gasteiger partial charge < -0.3 is 20.9 Å². The summed E-state index contributed by atoms with van der Waals surface area (Å²) >= 11 is 2.71. The molecule has 2 unspecified atom stereocenters. The van der Waals surface area contributed by atoms with E-state index < -0.39 is 41.2 Å². The number of amides is 2. The summed E-state index contributed by atoms with van der Waals surface area (Å²) in [5.74, 6) is -2.82. The number of allylic oxidation sites excluding steroid dienone is 3. The van der Waals surface area contributed by atoms with E-state index >= 15 is 0 Å². The van der Waals surface area contributed by atoms with Crippen molar-refractivity contribution in [2.24, 2.45) is 5.73 Å². The first-order valence-corrected chi connectivity index (χ1v) is 11.5. The van der Waals surface area contributed by atoms with E-state index in [-0.39, 0.29) is 16.9 Å². The first-order valence-electron chi connectivity index (χ1n) is 9.27. The predicted molar refractivity (Wildman–Crippen MR) is 113 cm³/mol. The Hall–Kier alpha value is -2.24. The Labute approximate surface area is 182 Å². The van der Waals surface area contributed by atoms with Gasteiger partial charge >= 0.3 is 11.9 Å². The molecule has 0 bridgehead atoms. The number of carboxylic acids is 1. The van der Waals surface area contributed by atoms with Gasteiger partial charge in [0.2, 0.25) is 5.91 Å². The molecule has 1 saturated heterocycles. The first-order chi connectivity index (χ1) is 14.3. The average Bonchev–Trinajstić information content (AvgIpc) is 2.74. The molecule has 9 nitrogen and oxygen atoms in total. The summed E-state index contributed by atoms with van der Waals surface area (Å²) in [7, 11) is 0. The van der Waals surface area contributed by atoms with Crippen molar-refractivity contribution >= 4 is 47.3 Å². The molecule has 2 aliphatic heterocycles. The van der Waals surface area contributed by atoms with Crippen molar-refractivity contribution in [2.75, 3.05) is 12.9 Å². The standard InChI is InChI=1S/C19H23N3O6S2/c1-9(23)28-8-11-14(18(26)27)22-16(25)13(17(22)30-19(11)29-2)21-15(24)12(20)10-6-4-3-5-7-10/h3-4,7,12-13,17,19H,5-6,8,20H2,1-2H3,(H,21,24)(H,26,27)/t12?,13-,17-,19?/m1/s1. The summed E-state index contributed by atoms with van der Waals surface area (Å²) in [6.45, 7) is 1.02. The van der Waals surface area contributed by atoms with Crippen LogP contribution in [0.5, 0.6) is 0 Å². The zero-order valence-electron chi connectivity index (χ0n) is 16.5. The zero-order valence-corrected chi connectivity index (χ0v) is 18.1. The number of ether oxygens (including phenoxy) is 1. The Morgan fingerprint density at radius 1 is 1.43 bits per heavy atom. The van der Waals surface area contributed by atoms with Crippen LogP contribution in [0, 0.1) is 0 Å². The van der Waals surface area contributed by atoms with E-state index in [1.165, 1.54) is 30.4 Å². The van der Waals surface area contributed by atoms with Gasteiger partial charge in [-0.1, -0.05) is 18.2 Å². The maximum absolute atomic E-state index is 12.7. The van der Waals surface area contributed by atoms with Gasteiger partial charge in [-0.3, -0.25) is 19.3 Å². The van der Waals surface area contributed by atoms with Gasteiger partial charge in [-0.25, -0.2) is 4.79 Å². The van der Waals surface area contributed by atoms with Crippen LogP contribution in [0.2, 0.25) is 0 Å². The molecule has 2 amide bonds. The number of thioether (sulfide) groups is 2. The number of rotatable bonds is 7. The van der Waals surface area contributed by atoms with Crippen molar-refractivity contribution in [2.45, 2.75) is 41.8 Å². The van der Waals surface area contributed by atoms with Crippen LogP contribution in [0.25, 0.3) is 0 Å². The van der Waals surface area contributed by atoms with E-state index in [2.05, 4.69) is 5.32 Å². The molecule has 1 aliphatic carbocycles. The number of fused-ring (bicyclic) bond motifs is 1. The minimum Gasteiger partial charge on any atom is -0.477 e. The summed E-state index contributed by atoms with van der Waals surface area (Å²) in [6.07, 6.45) is 8.90. The second kappa shape index (κ2) is 9.27. The van der Waals surface area contributed by atoms with Crippen molar-refractivity contribution < 1.29 is 29.0 Å². The van der Waals surface area contributed by atoms with Gasteiger partial charge in [0.05, 0.1) is 4.58 Å². The third-order valence-corrected chi connectivity index (χ3v) is 7.92. The molecule has 2 heterocycles. The van der Waals surface area contributed by atoms with Crippen LogP contribution in [0.4, 0.5) is 0 Å². The lowest BCUT2D eigenvalue weighted by molar-refractivity contribution is -0.151. The number of β-lactam (4-membered cyclic amide) rings is 1. The highest BCUT2D eigenvalue weighted by Crippen LogP contribution is 2.47. The second-order valence-corrected chi connectivity index (χ2v) is 9.38. The van der Waals surface area contributed by atoms with Crippen LogP contribution in [-0.4, -0.2) is 68.7 Å². The van der Waals surface area contributed by atoms with E-state index in [9.17, 15) is 24.3 Å². The summed E-state index contributed by atoms with van der Waals surface area (Å²) in [5, 5.41) is 11.8. The van der Waals surface area contributed by atoms with Crippen LogP contribution in [0.3, 0.4) is 0 Å². The number of carboxylic acid groups (broad SMARTS) is 1. The van der Waals surface area contributed by atoms with Gasteiger partial charge in [0, 0.05) is 12.5 Å². The van der Waals surface area contributed by atoms with Crippen LogP contribution >= 0.6 is 23.5 Å². The van der Waals surface area contributed by atoms with Crippen molar-refractivity contribution in [3.63, 3.8) is 0 Å². The van der Waals surface area contributed by atoms with Gasteiger partial charge in [0.25, 0.3) is 5.91 Å². The fourth-order valence-corrected chi connectivity index (χ4v) is 6.01. The van der Waals surface area contributed by atoms with Gasteiger partial charge in [0.1, 0.15) is 29.8 Å². The smallest absolute Gasteiger partial charge is 0.352 e. The van der Waals surface area contributed by atoms with Crippen LogP contribution < -0.4 is 11.1 Å². The maximum Gasteiger partial charge on any atom is 0.352 e. The van der Waals surface area contributed by atoms with Crippen LogP contribution in [-0.2, 0) is 23.9 Å². The van der Waals surface area contributed by atoms with Crippen molar-refractivity contribution in [3.05, 3.63) is 35.1 Å². The van der Waals surface area contributed by atoms with Crippen molar-refractivity contribution in [1.29, 1.82) is 0 Å². The van der Waals surface area contributed by atoms with Crippen molar-refractivity contribution in [3.8, 4) is 0 Å². The summed E-state index contributed by atoms with van der Waals surface area (Å²) in [6, 6.07) is -1.73. The minimum absolute atomic E-state index is 0.195.